The SMILES string of the molecule is COc1ccccc1C#CC(=O)CCCCCC(=S)CCc1ccnc2[nH]ccc12. The second kappa shape index (κ2) is 11.3. The van der Waals surface area contributed by atoms with Gasteiger partial charge in [0.2, 0.25) is 5.78 Å². The monoisotopic (exact) mass is 418 g/mol. The second-order valence-corrected chi connectivity index (χ2v) is 7.76. The van der Waals surface area contributed by atoms with Crippen molar-refractivity contribution in [2.24, 2.45) is 0 Å². The summed E-state index contributed by atoms with van der Waals surface area (Å²) < 4.78 is 5.25. The van der Waals surface area contributed by atoms with Gasteiger partial charge in [0.1, 0.15) is 11.4 Å². The van der Waals surface area contributed by atoms with Crippen molar-refractivity contribution in [3.63, 3.8) is 0 Å². The van der Waals surface area contributed by atoms with E-state index in [9.17, 15) is 4.79 Å². The van der Waals surface area contributed by atoms with Gasteiger partial charge in [0.05, 0.1) is 12.7 Å². The Balaban J connectivity index is 1.33. The molecular weight excluding hydrogens is 392 g/mol. The van der Waals surface area contributed by atoms with Gasteiger partial charge >= 0.3 is 0 Å². The van der Waals surface area contributed by atoms with E-state index in [1.54, 1.807) is 7.11 Å². The van der Waals surface area contributed by atoms with Gasteiger partial charge in [-0.1, -0.05) is 36.7 Å². The molecule has 5 heteroatoms. The number of ketones is 1. The maximum absolute atomic E-state index is 12.0. The number of methoxy groups -OCH3 is 1. The molecule has 2 heterocycles. The number of unbranched alkanes of at least 4 members (excludes halogenated alkanes) is 2. The number of nitrogens with zero attached hydrogens (tertiary/aromatic N) is 1. The van der Waals surface area contributed by atoms with Crippen molar-refractivity contribution in [1.82, 2.24) is 9.97 Å². The van der Waals surface area contributed by atoms with Crippen LogP contribution < -0.4 is 4.74 Å². The number of Topliss-reactive ketones (excluding diaryl/α,β-unsaturated/α-hetero) is 1. The number of aryl methyl sites for hydroxylation is 1. The predicted molar refractivity (Wildman–Crippen MR) is 125 cm³/mol. The van der Waals surface area contributed by atoms with Gasteiger partial charge in [0, 0.05) is 24.2 Å². The zero-order valence-electron chi connectivity index (χ0n) is 17.2. The Hall–Kier alpha value is -2.97. The Kier molecular flexibility index (Phi) is 8.17. The summed E-state index contributed by atoms with van der Waals surface area (Å²) in [6.45, 7) is 0. The Morgan fingerprint density at radius 1 is 1.10 bits per heavy atom. The molecule has 2 aromatic heterocycles. The summed E-state index contributed by atoms with van der Waals surface area (Å²) in [4.78, 5) is 20.6. The summed E-state index contributed by atoms with van der Waals surface area (Å²) >= 11 is 5.55. The number of pyridine rings is 1. The second-order valence-electron chi connectivity index (χ2n) is 7.18. The number of carbonyl (C=O) groups is 1. The smallest absolute Gasteiger partial charge is 0.205 e. The highest BCUT2D eigenvalue weighted by Gasteiger charge is 2.05. The highest BCUT2D eigenvalue weighted by atomic mass is 32.1. The highest BCUT2D eigenvalue weighted by molar-refractivity contribution is 7.80. The average molecular weight is 419 g/mol. The number of para-hydroxylation sites is 1. The van der Waals surface area contributed by atoms with Gasteiger partial charge in [-0.05, 0) is 72.7 Å². The fraction of sp³-hybridized carbons (Fsp3) is 0.320. The summed E-state index contributed by atoms with van der Waals surface area (Å²) in [5.41, 5.74) is 2.95. The maximum atomic E-state index is 12.0. The molecule has 0 atom stereocenters. The zero-order valence-corrected chi connectivity index (χ0v) is 18.1. The lowest BCUT2D eigenvalue weighted by atomic mass is 10.0. The van der Waals surface area contributed by atoms with Crippen LogP contribution in [0, 0.1) is 11.8 Å². The van der Waals surface area contributed by atoms with E-state index in [-0.39, 0.29) is 5.78 Å². The summed E-state index contributed by atoms with van der Waals surface area (Å²) in [7, 11) is 1.60. The molecule has 0 amide bonds. The molecule has 0 radical (unpaired) electrons. The molecule has 154 valence electrons. The molecule has 0 aliphatic carbocycles. The minimum atomic E-state index is -0.0308. The van der Waals surface area contributed by atoms with Crippen LogP contribution in [-0.2, 0) is 11.2 Å². The lowest BCUT2D eigenvalue weighted by Crippen LogP contribution is -1.99. The molecule has 0 bridgehead atoms. The van der Waals surface area contributed by atoms with Crippen LogP contribution in [0.3, 0.4) is 0 Å². The number of H-pyrrole nitrogens is 1. The maximum Gasteiger partial charge on any atom is 0.205 e. The van der Waals surface area contributed by atoms with E-state index in [0.29, 0.717) is 12.2 Å². The first-order valence-electron chi connectivity index (χ1n) is 10.3. The highest BCUT2D eigenvalue weighted by Crippen LogP contribution is 2.18. The van der Waals surface area contributed by atoms with Gasteiger partial charge in [0.15, 0.2) is 0 Å². The van der Waals surface area contributed by atoms with E-state index in [1.807, 2.05) is 36.7 Å². The summed E-state index contributed by atoms with van der Waals surface area (Å²) in [6, 6.07) is 11.6. The number of hydrogen-bond donors (Lipinski definition) is 1. The summed E-state index contributed by atoms with van der Waals surface area (Å²) in [5, 5.41) is 1.17. The molecule has 0 saturated carbocycles. The Bertz CT molecular complexity index is 1080. The Labute approximate surface area is 183 Å². The van der Waals surface area contributed by atoms with Gasteiger partial charge in [-0.15, -0.1) is 0 Å². The van der Waals surface area contributed by atoms with Gasteiger partial charge in [-0.3, -0.25) is 4.79 Å². The van der Waals surface area contributed by atoms with Crippen LogP contribution in [0.1, 0.15) is 49.7 Å². The minimum absolute atomic E-state index is 0.0308. The number of thiocarbonyl (C=S) groups is 1. The van der Waals surface area contributed by atoms with Crippen LogP contribution >= 0.6 is 12.2 Å². The number of aromatic nitrogens is 2. The molecule has 0 fully saturated rings. The number of ether oxygens (including phenoxy) is 1. The van der Waals surface area contributed by atoms with Gasteiger partial charge in [-0.25, -0.2) is 4.98 Å². The first-order chi connectivity index (χ1) is 14.7. The van der Waals surface area contributed by atoms with E-state index in [0.717, 1.165) is 54.6 Å². The van der Waals surface area contributed by atoms with Crippen molar-refractivity contribution in [3.8, 4) is 17.6 Å². The normalized spacial score (nSPS) is 10.4. The third kappa shape index (κ3) is 6.27. The first-order valence-corrected chi connectivity index (χ1v) is 10.7. The number of carbonyl (C=O) groups excluding carboxylic acids is 1. The quantitative estimate of drug-likeness (QED) is 0.270. The molecule has 0 aliphatic heterocycles. The molecule has 1 aromatic carbocycles. The Morgan fingerprint density at radius 3 is 2.80 bits per heavy atom. The van der Waals surface area contributed by atoms with Crippen LogP contribution in [-0.4, -0.2) is 27.7 Å². The van der Waals surface area contributed by atoms with Gasteiger partial charge in [-0.2, -0.15) is 0 Å². The standard InChI is InChI=1S/C25H26N2O2S/c1-29-24-10-6-5-7-20(24)11-13-21(28)8-3-2-4-9-22(30)14-12-19-15-17-26-25-23(19)16-18-27-25/h5-7,10,15-18H,2-4,8-9,12,14H2,1H3,(H,26,27). The number of nitrogens with one attached hydrogen (secondary N) is 1. The number of aromatic amines is 1. The van der Waals surface area contributed by atoms with Crippen molar-refractivity contribution >= 4 is 33.9 Å². The largest absolute Gasteiger partial charge is 0.495 e. The van der Waals surface area contributed by atoms with Crippen molar-refractivity contribution in [2.75, 3.05) is 7.11 Å². The fourth-order valence-electron chi connectivity index (χ4n) is 3.37. The predicted octanol–water partition coefficient (Wildman–Crippen LogP) is 5.45. The average Bonchev–Trinajstić information content (AvgIpc) is 3.25. The van der Waals surface area contributed by atoms with Gasteiger partial charge in [0.25, 0.3) is 0 Å². The molecule has 1 N–H and O–H groups in total. The molecule has 3 aromatic rings. The van der Waals surface area contributed by atoms with E-state index in [1.165, 1.54) is 10.9 Å². The van der Waals surface area contributed by atoms with Crippen molar-refractivity contribution in [2.45, 2.75) is 44.9 Å². The third-order valence-corrected chi connectivity index (χ3v) is 5.43. The van der Waals surface area contributed by atoms with Crippen LogP contribution in [0.4, 0.5) is 0 Å². The summed E-state index contributed by atoms with van der Waals surface area (Å²) in [6.07, 6.45) is 9.86. The van der Waals surface area contributed by atoms with E-state index >= 15 is 0 Å². The fourth-order valence-corrected chi connectivity index (χ4v) is 3.61. The lowest BCUT2D eigenvalue weighted by Gasteiger charge is -2.05. The first kappa shape index (κ1) is 21.7. The Morgan fingerprint density at radius 2 is 1.93 bits per heavy atom. The van der Waals surface area contributed by atoms with Crippen LogP contribution in [0.25, 0.3) is 11.0 Å². The molecule has 3 rings (SSSR count). The van der Waals surface area contributed by atoms with E-state index in [4.69, 9.17) is 17.0 Å². The van der Waals surface area contributed by atoms with Crippen molar-refractivity contribution in [1.29, 1.82) is 0 Å². The van der Waals surface area contributed by atoms with Gasteiger partial charge < -0.3 is 9.72 Å². The van der Waals surface area contributed by atoms with Crippen LogP contribution in [0.2, 0.25) is 0 Å². The topological polar surface area (TPSA) is 55.0 Å². The molecule has 0 aliphatic rings. The number of rotatable bonds is 10. The minimum Gasteiger partial charge on any atom is -0.495 e. The van der Waals surface area contributed by atoms with E-state index in [2.05, 4.69) is 33.9 Å². The number of benzene rings is 1. The number of hydrogen-bond acceptors (Lipinski definition) is 4. The molecule has 0 spiro atoms. The lowest BCUT2D eigenvalue weighted by molar-refractivity contribution is -0.113. The molecule has 30 heavy (non-hydrogen) atoms. The third-order valence-electron chi connectivity index (χ3n) is 5.03. The molecule has 0 saturated heterocycles. The van der Waals surface area contributed by atoms with Crippen LogP contribution in [0.5, 0.6) is 5.75 Å². The van der Waals surface area contributed by atoms with Crippen molar-refractivity contribution < 1.29 is 9.53 Å². The zero-order chi connectivity index (χ0) is 21.2. The molecule has 4 nitrogen and oxygen atoms in total. The van der Waals surface area contributed by atoms with Crippen LogP contribution in [0.15, 0.2) is 48.8 Å². The molecular formula is C25H26N2O2S. The number of fused-ring (bicyclic) bond motifs is 1. The summed E-state index contributed by atoms with van der Waals surface area (Å²) in [5.74, 6) is 6.30. The van der Waals surface area contributed by atoms with E-state index < -0.39 is 0 Å². The van der Waals surface area contributed by atoms with Crippen molar-refractivity contribution in [3.05, 3.63) is 59.9 Å². The molecule has 0 unspecified atom stereocenters.